The molecule has 0 saturated heterocycles. The highest BCUT2D eigenvalue weighted by molar-refractivity contribution is 6.83. The van der Waals surface area contributed by atoms with Crippen LogP contribution in [0.15, 0.2) is 24.3 Å². The van der Waals surface area contributed by atoms with E-state index in [1.807, 2.05) is 19.6 Å². The molecular weight excluding hydrogens is 269 g/mol. The first-order valence-corrected chi connectivity index (χ1v) is 9.45. The molecule has 104 valence electrons. The molecule has 0 saturated carbocycles. The fourth-order valence-corrected chi connectivity index (χ4v) is 2.19. The summed E-state index contributed by atoms with van der Waals surface area (Å²) in [6, 6.07) is 5.27. The van der Waals surface area contributed by atoms with E-state index in [0.717, 1.165) is 6.07 Å². The van der Waals surface area contributed by atoms with Crippen molar-refractivity contribution in [3.8, 4) is 11.5 Å². The molecule has 0 radical (unpaired) electrons. The van der Waals surface area contributed by atoms with Crippen molar-refractivity contribution >= 4 is 8.07 Å². The van der Waals surface area contributed by atoms with Crippen molar-refractivity contribution < 1.29 is 18.3 Å². The standard InChI is InChI=1S/C14H17F3OSi/c1-19(2,3)9-8-11(10-18)12-6-4-5-7-13(12)14(15,16)17/h4-7,11,18H,10H2,1-3H3. The zero-order valence-electron chi connectivity index (χ0n) is 11.2. The van der Waals surface area contributed by atoms with Crippen LogP contribution in [0.5, 0.6) is 0 Å². The smallest absolute Gasteiger partial charge is 0.395 e. The van der Waals surface area contributed by atoms with Crippen LogP contribution in [-0.2, 0) is 6.18 Å². The van der Waals surface area contributed by atoms with Crippen LogP contribution in [0.1, 0.15) is 17.0 Å². The number of hydrogen-bond acceptors (Lipinski definition) is 1. The van der Waals surface area contributed by atoms with Gasteiger partial charge < -0.3 is 5.11 Å². The Morgan fingerprint density at radius 2 is 1.79 bits per heavy atom. The van der Waals surface area contributed by atoms with Gasteiger partial charge in [-0.2, -0.15) is 13.2 Å². The lowest BCUT2D eigenvalue weighted by Crippen LogP contribution is -2.18. The second kappa shape index (κ2) is 5.80. The van der Waals surface area contributed by atoms with E-state index in [1.165, 1.54) is 18.2 Å². The largest absolute Gasteiger partial charge is 0.416 e. The fraction of sp³-hybridized carbons (Fsp3) is 0.429. The van der Waals surface area contributed by atoms with E-state index in [-0.39, 0.29) is 5.56 Å². The summed E-state index contributed by atoms with van der Waals surface area (Å²) in [5, 5.41) is 9.31. The first-order chi connectivity index (χ1) is 8.65. The lowest BCUT2D eigenvalue weighted by Gasteiger charge is -2.16. The Hall–Kier alpha value is -1.25. The number of alkyl halides is 3. The topological polar surface area (TPSA) is 20.2 Å². The summed E-state index contributed by atoms with van der Waals surface area (Å²) in [7, 11) is -1.69. The van der Waals surface area contributed by atoms with Gasteiger partial charge in [-0.25, -0.2) is 0 Å². The van der Waals surface area contributed by atoms with Gasteiger partial charge in [-0.05, 0) is 11.6 Å². The molecule has 1 aromatic rings. The molecule has 19 heavy (non-hydrogen) atoms. The number of aliphatic hydroxyl groups is 1. The molecule has 1 rings (SSSR count). The number of aliphatic hydroxyl groups excluding tert-OH is 1. The van der Waals surface area contributed by atoms with Gasteiger partial charge in [-0.15, -0.1) is 5.54 Å². The SMILES string of the molecule is C[Si](C)(C)C#CC(CO)c1ccccc1C(F)(F)F. The average Bonchev–Trinajstić information content (AvgIpc) is 2.27. The predicted octanol–water partition coefficient (Wildman–Crippen LogP) is 3.66. The van der Waals surface area contributed by atoms with Gasteiger partial charge in [0, 0.05) is 0 Å². The van der Waals surface area contributed by atoms with Crippen LogP contribution in [0.4, 0.5) is 13.2 Å². The zero-order valence-corrected chi connectivity index (χ0v) is 12.2. The Balaban J connectivity index is 3.23. The fourth-order valence-electron chi connectivity index (χ4n) is 1.58. The third kappa shape index (κ3) is 4.73. The van der Waals surface area contributed by atoms with Crippen molar-refractivity contribution in [3.05, 3.63) is 35.4 Å². The molecule has 0 aliphatic rings. The molecule has 0 amide bonds. The maximum atomic E-state index is 12.9. The van der Waals surface area contributed by atoms with Crippen molar-refractivity contribution in [2.24, 2.45) is 0 Å². The van der Waals surface area contributed by atoms with Crippen LogP contribution in [0.3, 0.4) is 0 Å². The van der Waals surface area contributed by atoms with Gasteiger partial charge in [-0.3, -0.25) is 0 Å². The Kier molecular flexibility index (Phi) is 4.83. The van der Waals surface area contributed by atoms with Crippen LogP contribution in [0, 0.1) is 11.5 Å². The summed E-state index contributed by atoms with van der Waals surface area (Å²) in [5.41, 5.74) is 2.33. The maximum absolute atomic E-state index is 12.9. The monoisotopic (exact) mass is 286 g/mol. The van der Waals surface area contributed by atoms with Gasteiger partial charge in [-0.1, -0.05) is 43.8 Å². The van der Waals surface area contributed by atoms with Crippen molar-refractivity contribution in [1.82, 2.24) is 0 Å². The van der Waals surface area contributed by atoms with Gasteiger partial charge in [0.2, 0.25) is 0 Å². The van der Waals surface area contributed by atoms with Gasteiger partial charge in [0.15, 0.2) is 0 Å². The van der Waals surface area contributed by atoms with Crippen LogP contribution in [-0.4, -0.2) is 19.8 Å². The molecule has 0 fully saturated rings. The molecule has 5 heteroatoms. The van der Waals surface area contributed by atoms with Crippen molar-refractivity contribution in [2.75, 3.05) is 6.61 Å². The molecule has 1 N–H and O–H groups in total. The maximum Gasteiger partial charge on any atom is 0.416 e. The molecule has 0 aromatic heterocycles. The molecular formula is C14H17F3OSi. The average molecular weight is 286 g/mol. The molecule has 1 aromatic carbocycles. The van der Waals surface area contributed by atoms with E-state index in [4.69, 9.17) is 0 Å². The molecule has 0 bridgehead atoms. The number of benzene rings is 1. The Morgan fingerprint density at radius 1 is 1.21 bits per heavy atom. The first-order valence-electron chi connectivity index (χ1n) is 5.95. The van der Waals surface area contributed by atoms with Crippen molar-refractivity contribution in [1.29, 1.82) is 0 Å². The minimum Gasteiger partial charge on any atom is -0.395 e. The second-order valence-corrected chi connectivity index (χ2v) is 10.1. The minimum absolute atomic E-state index is 0.0447. The number of rotatable bonds is 2. The lowest BCUT2D eigenvalue weighted by molar-refractivity contribution is -0.138. The minimum atomic E-state index is -4.43. The highest BCUT2D eigenvalue weighted by atomic mass is 28.3. The quantitative estimate of drug-likeness (QED) is 0.650. The summed E-state index contributed by atoms with van der Waals surface area (Å²) in [5.74, 6) is 2.01. The molecule has 0 aliphatic heterocycles. The van der Waals surface area contributed by atoms with Crippen LogP contribution in [0.2, 0.25) is 19.6 Å². The van der Waals surface area contributed by atoms with E-state index in [9.17, 15) is 18.3 Å². The summed E-state index contributed by atoms with van der Waals surface area (Å²) in [4.78, 5) is 0. The van der Waals surface area contributed by atoms with Crippen LogP contribution >= 0.6 is 0 Å². The van der Waals surface area contributed by atoms with E-state index >= 15 is 0 Å². The molecule has 1 unspecified atom stereocenters. The summed E-state index contributed by atoms with van der Waals surface area (Å²) in [6.07, 6.45) is -4.43. The Bertz CT molecular complexity index is 492. The van der Waals surface area contributed by atoms with Crippen LogP contribution in [0.25, 0.3) is 0 Å². The van der Waals surface area contributed by atoms with Crippen LogP contribution < -0.4 is 0 Å². The lowest BCUT2D eigenvalue weighted by atomic mass is 9.95. The second-order valence-electron chi connectivity index (χ2n) is 5.34. The predicted molar refractivity (Wildman–Crippen MR) is 72.4 cm³/mol. The normalized spacial score (nSPS) is 13.6. The van der Waals surface area contributed by atoms with Crippen molar-refractivity contribution in [2.45, 2.75) is 31.7 Å². The Morgan fingerprint density at radius 3 is 2.26 bits per heavy atom. The Labute approximate surface area is 112 Å². The van der Waals surface area contributed by atoms with Crippen molar-refractivity contribution in [3.63, 3.8) is 0 Å². The van der Waals surface area contributed by atoms with Gasteiger partial charge >= 0.3 is 6.18 Å². The third-order valence-corrected chi connectivity index (χ3v) is 3.34. The molecule has 0 heterocycles. The summed E-state index contributed by atoms with van der Waals surface area (Å²) < 4.78 is 38.7. The van der Waals surface area contributed by atoms with Gasteiger partial charge in [0.05, 0.1) is 18.1 Å². The summed E-state index contributed by atoms with van der Waals surface area (Å²) >= 11 is 0. The first kappa shape index (κ1) is 15.8. The highest BCUT2D eigenvalue weighted by Gasteiger charge is 2.34. The third-order valence-electron chi connectivity index (χ3n) is 2.45. The molecule has 0 spiro atoms. The molecule has 0 aliphatic carbocycles. The summed E-state index contributed by atoms with van der Waals surface area (Å²) in [6.45, 7) is 5.60. The molecule has 1 nitrogen and oxygen atoms in total. The van der Waals surface area contributed by atoms with E-state index in [0.29, 0.717) is 0 Å². The van der Waals surface area contributed by atoms with E-state index < -0.39 is 32.3 Å². The number of hydrogen-bond donors (Lipinski definition) is 1. The zero-order chi connectivity index (χ0) is 14.7. The number of halogens is 3. The molecule has 1 atom stereocenters. The highest BCUT2D eigenvalue weighted by Crippen LogP contribution is 2.34. The van der Waals surface area contributed by atoms with Gasteiger partial charge in [0.1, 0.15) is 8.07 Å². The van der Waals surface area contributed by atoms with E-state index in [2.05, 4.69) is 11.5 Å². The van der Waals surface area contributed by atoms with E-state index in [1.54, 1.807) is 0 Å². The van der Waals surface area contributed by atoms with Gasteiger partial charge in [0.25, 0.3) is 0 Å².